The van der Waals surface area contributed by atoms with Crippen molar-refractivity contribution in [2.75, 3.05) is 12.4 Å². The van der Waals surface area contributed by atoms with E-state index in [1.165, 1.54) is 19.4 Å². The van der Waals surface area contributed by atoms with Gasteiger partial charge in [0.05, 0.1) is 24.5 Å². The van der Waals surface area contributed by atoms with Crippen LogP contribution in [0.1, 0.15) is 26.3 Å². The highest BCUT2D eigenvalue weighted by Gasteiger charge is 2.15. The summed E-state index contributed by atoms with van der Waals surface area (Å²) in [6, 6.07) is 6.37. The van der Waals surface area contributed by atoms with E-state index >= 15 is 0 Å². The molecule has 1 amide bonds. The zero-order chi connectivity index (χ0) is 14.7. The van der Waals surface area contributed by atoms with Gasteiger partial charge < -0.3 is 14.5 Å². The minimum Gasteiger partial charge on any atom is -0.465 e. The van der Waals surface area contributed by atoms with Gasteiger partial charge >= 0.3 is 5.97 Å². The molecule has 0 aliphatic carbocycles. The summed E-state index contributed by atoms with van der Waals surface area (Å²) in [6.07, 6.45) is 1.33. The van der Waals surface area contributed by atoms with Gasteiger partial charge in [0.25, 0.3) is 5.91 Å². The number of halogens is 1. The molecule has 1 heterocycles. The molecule has 20 heavy (non-hydrogen) atoms. The van der Waals surface area contributed by atoms with Gasteiger partial charge in [0.15, 0.2) is 0 Å². The van der Waals surface area contributed by atoms with Gasteiger partial charge in [-0.2, -0.15) is 0 Å². The summed E-state index contributed by atoms with van der Waals surface area (Å²) in [6.45, 7) is 1.81. The van der Waals surface area contributed by atoms with Crippen LogP contribution in [0.3, 0.4) is 0 Å². The lowest BCUT2D eigenvalue weighted by atomic mass is 10.1. The van der Waals surface area contributed by atoms with Crippen molar-refractivity contribution in [3.05, 3.63) is 52.4 Å². The molecule has 5 nitrogen and oxygen atoms in total. The van der Waals surface area contributed by atoms with Crippen molar-refractivity contribution in [2.24, 2.45) is 0 Å². The van der Waals surface area contributed by atoms with Crippen LogP contribution in [-0.2, 0) is 4.74 Å². The van der Waals surface area contributed by atoms with E-state index in [1.807, 2.05) is 6.92 Å². The molecule has 1 N–H and O–H groups in total. The molecular weight excluding hydrogens is 282 g/mol. The second kappa shape index (κ2) is 5.79. The van der Waals surface area contributed by atoms with E-state index in [0.717, 1.165) is 5.56 Å². The monoisotopic (exact) mass is 293 g/mol. The molecule has 0 radical (unpaired) electrons. The number of anilines is 1. The van der Waals surface area contributed by atoms with Gasteiger partial charge in [0.2, 0.25) is 5.22 Å². The summed E-state index contributed by atoms with van der Waals surface area (Å²) < 4.78 is 9.50. The fourth-order valence-corrected chi connectivity index (χ4v) is 1.85. The van der Waals surface area contributed by atoms with Gasteiger partial charge in [-0.15, -0.1) is 0 Å². The minimum atomic E-state index is -0.471. The number of nitrogens with one attached hydrogen (secondary N) is 1. The molecular formula is C14H12ClNO4. The first-order valence-electron chi connectivity index (χ1n) is 5.76. The van der Waals surface area contributed by atoms with E-state index in [-0.39, 0.29) is 10.8 Å². The van der Waals surface area contributed by atoms with E-state index in [2.05, 4.69) is 10.1 Å². The summed E-state index contributed by atoms with van der Waals surface area (Å²) in [5.74, 6) is -0.879. The Balaban J connectivity index is 2.27. The molecule has 104 valence electrons. The lowest BCUT2D eigenvalue weighted by Gasteiger charge is -2.09. The van der Waals surface area contributed by atoms with Gasteiger partial charge in [-0.05, 0) is 42.3 Å². The standard InChI is InChI=1S/C14H12ClNO4/c1-8-3-4-9(14(18)19-2)7-11(8)16-13(17)10-5-6-20-12(10)15/h3-7H,1-2H3,(H,16,17). The van der Waals surface area contributed by atoms with Gasteiger partial charge in [0, 0.05) is 5.69 Å². The number of methoxy groups -OCH3 is 1. The van der Waals surface area contributed by atoms with E-state index in [0.29, 0.717) is 11.3 Å². The zero-order valence-electron chi connectivity index (χ0n) is 10.9. The molecule has 1 aromatic carbocycles. The summed E-state index contributed by atoms with van der Waals surface area (Å²) in [7, 11) is 1.30. The normalized spacial score (nSPS) is 10.2. The van der Waals surface area contributed by atoms with Crippen LogP contribution in [0.15, 0.2) is 34.9 Å². The van der Waals surface area contributed by atoms with Crippen LogP contribution >= 0.6 is 11.6 Å². The van der Waals surface area contributed by atoms with E-state index in [9.17, 15) is 9.59 Å². The number of hydrogen-bond acceptors (Lipinski definition) is 4. The van der Waals surface area contributed by atoms with Crippen molar-refractivity contribution in [2.45, 2.75) is 6.92 Å². The van der Waals surface area contributed by atoms with Crippen LogP contribution in [0.2, 0.25) is 5.22 Å². The Morgan fingerprint density at radius 3 is 2.65 bits per heavy atom. The smallest absolute Gasteiger partial charge is 0.337 e. The second-order valence-corrected chi connectivity index (χ2v) is 4.43. The first-order chi connectivity index (χ1) is 9.52. The Kier molecular flexibility index (Phi) is 4.10. The Bertz CT molecular complexity index is 663. The highest BCUT2D eigenvalue weighted by atomic mass is 35.5. The molecule has 0 aliphatic rings. The van der Waals surface area contributed by atoms with Crippen LogP contribution in [0, 0.1) is 6.92 Å². The number of aryl methyl sites for hydroxylation is 1. The van der Waals surface area contributed by atoms with Gasteiger partial charge in [-0.3, -0.25) is 4.79 Å². The maximum atomic E-state index is 12.0. The number of furan rings is 1. The third-order valence-corrected chi connectivity index (χ3v) is 3.06. The predicted molar refractivity (Wildman–Crippen MR) is 74.2 cm³/mol. The maximum absolute atomic E-state index is 12.0. The highest BCUT2D eigenvalue weighted by molar-refractivity contribution is 6.32. The SMILES string of the molecule is COC(=O)c1ccc(C)c(NC(=O)c2ccoc2Cl)c1. The number of ether oxygens (including phenoxy) is 1. The molecule has 0 saturated heterocycles. The molecule has 2 rings (SSSR count). The Labute approximate surface area is 120 Å². The maximum Gasteiger partial charge on any atom is 0.337 e. The van der Waals surface area contributed by atoms with Gasteiger partial charge in [-0.1, -0.05) is 6.07 Å². The van der Waals surface area contributed by atoms with Crippen molar-refractivity contribution in [1.82, 2.24) is 0 Å². The van der Waals surface area contributed by atoms with Gasteiger partial charge in [0.1, 0.15) is 0 Å². The second-order valence-electron chi connectivity index (χ2n) is 4.08. The number of amides is 1. The highest BCUT2D eigenvalue weighted by Crippen LogP contribution is 2.21. The molecule has 0 saturated carbocycles. The minimum absolute atomic E-state index is 0.0178. The Hall–Kier alpha value is -2.27. The number of benzene rings is 1. The molecule has 0 bridgehead atoms. The van der Waals surface area contributed by atoms with Crippen molar-refractivity contribution in [3.63, 3.8) is 0 Å². The number of carbonyl (C=O) groups is 2. The van der Waals surface area contributed by atoms with E-state index < -0.39 is 11.9 Å². The van der Waals surface area contributed by atoms with Crippen molar-refractivity contribution in [1.29, 1.82) is 0 Å². The van der Waals surface area contributed by atoms with Crippen LogP contribution in [0.4, 0.5) is 5.69 Å². The molecule has 0 unspecified atom stereocenters. The number of carbonyl (C=O) groups excluding carboxylic acids is 2. The molecule has 0 atom stereocenters. The third-order valence-electron chi connectivity index (χ3n) is 2.77. The van der Waals surface area contributed by atoms with Crippen molar-refractivity contribution < 1.29 is 18.7 Å². The summed E-state index contributed by atoms with van der Waals surface area (Å²) in [5.41, 5.74) is 1.90. The van der Waals surface area contributed by atoms with Crippen molar-refractivity contribution >= 4 is 29.2 Å². The summed E-state index contributed by atoms with van der Waals surface area (Å²) in [4.78, 5) is 23.5. The molecule has 0 aliphatic heterocycles. The average Bonchev–Trinajstić information content (AvgIpc) is 2.86. The molecule has 6 heteroatoms. The number of rotatable bonds is 3. The third kappa shape index (κ3) is 2.83. The quantitative estimate of drug-likeness (QED) is 0.882. The predicted octanol–water partition coefficient (Wildman–Crippen LogP) is 3.28. The van der Waals surface area contributed by atoms with Crippen molar-refractivity contribution in [3.8, 4) is 0 Å². The summed E-state index contributed by atoms with van der Waals surface area (Å²) in [5, 5.41) is 2.70. The lowest BCUT2D eigenvalue weighted by Crippen LogP contribution is -2.13. The topological polar surface area (TPSA) is 68.5 Å². The fourth-order valence-electron chi connectivity index (χ4n) is 1.65. The molecule has 2 aromatic rings. The first-order valence-corrected chi connectivity index (χ1v) is 6.14. The van der Waals surface area contributed by atoms with E-state index in [4.69, 9.17) is 16.0 Å². The first kappa shape index (κ1) is 14.1. The van der Waals surface area contributed by atoms with Crippen LogP contribution in [-0.4, -0.2) is 19.0 Å². The van der Waals surface area contributed by atoms with Crippen LogP contribution < -0.4 is 5.32 Å². The lowest BCUT2D eigenvalue weighted by molar-refractivity contribution is 0.0600. The van der Waals surface area contributed by atoms with Crippen LogP contribution in [0.5, 0.6) is 0 Å². The Morgan fingerprint density at radius 2 is 2.05 bits per heavy atom. The van der Waals surface area contributed by atoms with E-state index in [1.54, 1.807) is 18.2 Å². The zero-order valence-corrected chi connectivity index (χ0v) is 11.7. The van der Waals surface area contributed by atoms with Gasteiger partial charge in [-0.25, -0.2) is 4.79 Å². The number of esters is 1. The fraction of sp³-hybridized carbons (Fsp3) is 0.143. The van der Waals surface area contributed by atoms with Crippen LogP contribution in [0.25, 0.3) is 0 Å². The Morgan fingerprint density at radius 1 is 1.30 bits per heavy atom. The average molecular weight is 294 g/mol. The summed E-state index contributed by atoms with van der Waals surface area (Å²) >= 11 is 5.74. The number of hydrogen-bond donors (Lipinski definition) is 1. The molecule has 0 fully saturated rings. The molecule has 1 aromatic heterocycles. The molecule has 0 spiro atoms. The largest absolute Gasteiger partial charge is 0.465 e.